The molecule has 1 N–H and O–H groups in total. The molecule has 1 aromatic heterocycles. The summed E-state index contributed by atoms with van der Waals surface area (Å²) < 4.78 is 35.1. The van der Waals surface area contributed by atoms with Gasteiger partial charge in [0.2, 0.25) is 0 Å². The van der Waals surface area contributed by atoms with E-state index >= 15 is 0 Å². The Balaban J connectivity index is 1.88. The number of benzene rings is 2. The summed E-state index contributed by atoms with van der Waals surface area (Å²) in [4.78, 5) is 23.8. The normalized spacial score (nSPS) is 11.7. The second-order valence-corrected chi connectivity index (χ2v) is 9.04. The van der Waals surface area contributed by atoms with E-state index in [0.717, 1.165) is 11.3 Å². The van der Waals surface area contributed by atoms with Gasteiger partial charge in [-0.15, -0.1) is 0 Å². The van der Waals surface area contributed by atoms with Crippen molar-refractivity contribution in [1.82, 2.24) is 4.57 Å². The van der Waals surface area contributed by atoms with Crippen LogP contribution in [0.3, 0.4) is 0 Å². The van der Waals surface area contributed by atoms with Crippen LogP contribution < -0.4 is 9.60 Å². The van der Waals surface area contributed by atoms with Gasteiger partial charge in [0.05, 0.1) is 27.3 Å². The molecule has 0 aliphatic carbocycles. The Morgan fingerprint density at radius 3 is 2.46 bits per heavy atom. The van der Waals surface area contributed by atoms with E-state index in [1.807, 2.05) is 13.8 Å². The first-order valence-electron chi connectivity index (χ1n) is 8.68. The molecule has 0 radical (unpaired) electrons. The minimum absolute atomic E-state index is 0.0141. The number of aromatic nitrogens is 1. The van der Waals surface area contributed by atoms with Crippen LogP contribution in [0.15, 0.2) is 52.2 Å². The smallest absolute Gasteiger partial charge is 0.338 e. The SMILES string of the molecule is CCOC(=O)c1ccc(NS(=O)(=O)c2ccc3c(c2)sc(=O)n3C(C)C)cc1. The van der Waals surface area contributed by atoms with Gasteiger partial charge in [-0.05, 0) is 63.2 Å². The summed E-state index contributed by atoms with van der Waals surface area (Å²) in [6.45, 7) is 5.78. The lowest BCUT2D eigenvalue weighted by Crippen LogP contribution is -2.15. The van der Waals surface area contributed by atoms with Crippen molar-refractivity contribution in [2.75, 3.05) is 11.3 Å². The van der Waals surface area contributed by atoms with Crippen molar-refractivity contribution < 1.29 is 17.9 Å². The van der Waals surface area contributed by atoms with Crippen LogP contribution in [0.5, 0.6) is 0 Å². The molecule has 9 heteroatoms. The topological polar surface area (TPSA) is 94.5 Å². The molecule has 1 heterocycles. The van der Waals surface area contributed by atoms with E-state index in [2.05, 4.69) is 4.72 Å². The van der Waals surface area contributed by atoms with Gasteiger partial charge in [0.15, 0.2) is 0 Å². The Morgan fingerprint density at radius 2 is 1.86 bits per heavy atom. The summed E-state index contributed by atoms with van der Waals surface area (Å²) in [6, 6.07) is 10.6. The first-order valence-corrected chi connectivity index (χ1v) is 11.0. The van der Waals surface area contributed by atoms with Crippen molar-refractivity contribution in [3.8, 4) is 0 Å². The molecular formula is C19H20N2O5S2. The van der Waals surface area contributed by atoms with Crippen LogP contribution in [0.1, 0.15) is 37.2 Å². The fraction of sp³-hybridized carbons (Fsp3) is 0.263. The third-order valence-corrected chi connectivity index (χ3v) is 6.36. The summed E-state index contributed by atoms with van der Waals surface area (Å²) in [5.41, 5.74) is 1.37. The predicted octanol–water partition coefficient (Wildman–Crippen LogP) is 3.62. The lowest BCUT2D eigenvalue weighted by atomic mass is 10.2. The molecule has 0 atom stereocenters. The van der Waals surface area contributed by atoms with Crippen LogP contribution in [0.25, 0.3) is 10.2 Å². The molecule has 0 amide bonds. The molecule has 0 aliphatic rings. The van der Waals surface area contributed by atoms with E-state index in [1.165, 1.54) is 36.4 Å². The minimum Gasteiger partial charge on any atom is -0.462 e. The zero-order valence-corrected chi connectivity index (χ0v) is 17.3. The summed E-state index contributed by atoms with van der Waals surface area (Å²) in [7, 11) is -3.84. The Morgan fingerprint density at radius 1 is 1.18 bits per heavy atom. The molecule has 0 spiro atoms. The van der Waals surface area contributed by atoms with Gasteiger partial charge in [-0.1, -0.05) is 11.3 Å². The first-order chi connectivity index (χ1) is 13.2. The van der Waals surface area contributed by atoms with Crippen molar-refractivity contribution in [3.63, 3.8) is 0 Å². The van der Waals surface area contributed by atoms with Gasteiger partial charge in [0.25, 0.3) is 10.0 Å². The summed E-state index contributed by atoms with van der Waals surface area (Å²) in [5.74, 6) is -0.466. The highest BCUT2D eigenvalue weighted by molar-refractivity contribution is 7.92. The molecule has 148 valence electrons. The molecule has 0 saturated heterocycles. The van der Waals surface area contributed by atoms with E-state index in [9.17, 15) is 18.0 Å². The number of fused-ring (bicyclic) bond motifs is 1. The van der Waals surface area contributed by atoms with Gasteiger partial charge >= 0.3 is 10.8 Å². The maximum absolute atomic E-state index is 12.7. The Bertz CT molecular complexity index is 1180. The van der Waals surface area contributed by atoms with Crippen LogP contribution in [-0.2, 0) is 14.8 Å². The monoisotopic (exact) mass is 420 g/mol. The maximum Gasteiger partial charge on any atom is 0.338 e. The third-order valence-electron chi connectivity index (χ3n) is 4.06. The van der Waals surface area contributed by atoms with Gasteiger partial charge in [-0.25, -0.2) is 13.2 Å². The van der Waals surface area contributed by atoms with E-state index in [0.29, 0.717) is 21.5 Å². The minimum atomic E-state index is -3.84. The molecule has 0 unspecified atom stereocenters. The standard InChI is InChI=1S/C19H20N2O5S2/c1-4-26-18(22)13-5-7-14(8-6-13)20-28(24,25)15-9-10-16-17(11-15)27-19(23)21(16)12(2)3/h5-12,20H,4H2,1-3H3. The molecule has 0 fully saturated rings. The fourth-order valence-electron chi connectivity index (χ4n) is 2.78. The fourth-order valence-corrected chi connectivity index (χ4v) is 4.99. The van der Waals surface area contributed by atoms with E-state index in [-0.39, 0.29) is 22.4 Å². The lowest BCUT2D eigenvalue weighted by molar-refractivity contribution is 0.0526. The van der Waals surface area contributed by atoms with Gasteiger partial charge in [-0.3, -0.25) is 14.1 Å². The van der Waals surface area contributed by atoms with Gasteiger partial charge in [0, 0.05) is 11.7 Å². The van der Waals surface area contributed by atoms with Crippen molar-refractivity contribution in [2.24, 2.45) is 0 Å². The largest absolute Gasteiger partial charge is 0.462 e. The van der Waals surface area contributed by atoms with Crippen LogP contribution in [0, 0.1) is 0 Å². The molecule has 0 aliphatic heterocycles. The highest BCUT2D eigenvalue weighted by atomic mass is 32.2. The van der Waals surface area contributed by atoms with Crippen LogP contribution >= 0.6 is 11.3 Å². The van der Waals surface area contributed by atoms with Crippen molar-refractivity contribution in [1.29, 1.82) is 0 Å². The molecule has 28 heavy (non-hydrogen) atoms. The Hall–Kier alpha value is -2.65. The molecule has 2 aromatic carbocycles. The van der Waals surface area contributed by atoms with Crippen LogP contribution in [-0.4, -0.2) is 25.6 Å². The number of ether oxygens (including phenoxy) is 1. The molecular weight excluding hydrogens is 400 g/mol. The second-order valence-electron chi connectivity index (χ2n) is 6.36. The highest BCUT2D eigenvalue weighted by Gasteiger charge is 2.18. The zero-order chi connectivity index (χ0) is 20.5. The molecule has 0 bridgehead atoms. The van der Waals surface area contributed by atoms with Gasteiger partial charge < -0.3 is 4.74 Å². The van der Waals surface area contributed by atoms with Gasteiger partial charge in [0.1, 0.15) is 0 Å². The number of nitrogens with one attached hydrogen (secondary N) is 1. The second kappa shape index (κ2) is 7.76. The number of esters is 1. The third kappa shape index (κ3) is 3.95. The van der Waals surface area contributed by atoms with Gasteiger partial charge in [-0.2, -0.15) is 0 Å². The number of hydrogen-bond acceptors (Lipinski definition) is 6. The number of carbonyl (C=O) groups excluding carboxylic acids is 1. The highest BCUT2D eigenvalue weighted by Crippen LogP contribution is 2.25. The molecule has 3 aromatic rings. The summed E-state index contributed by atoms with van der Waals surface area (Å²) in [6.07, 6.45) is 0. The maximum atomic E-state index is 12.7. The first kappa shape index (κ1) is 20.1. The lowest BCUT2D eigenvalue weighted by Gasteiger charge is -2.10. The van der Waals surface area contributed by atoms with E-state index < -0.39 is 16.0 Å². The van der Waals surface area contributed by atoms with E-state index in [4.69, 9.17) is 4.74 Å². The van der Waals surface area contributed by atoms with Crippen molar-refractivity contribution in [3.05, 3.63) is 57.7 Å². The zero-order valence-electron chi connectivity index (χ0n) is 15.6. The Labute approximate surface area is 166 Å². The average Bonchev–Trinajstić information content (AvgIpc) is 2.97. The Kier molecular flexibility index (Phi) is 5.57. The van der Waals surface area contributed by atoms with Crippen molar-refractivity contribution in [2.45, 2.75) is 31.7 Å². The number of carbonyl (C=O) groups is 1. The number of sulfonamides is 1. The van der Waals surface area contributed by atoms with Crippen LogP contribution in [0.4, 0.5) is 5.69 Å². The average molecular weight is 421 g/mol. The number of nitrogens with zero attached hydrogens (tertiary/aromatic N) is 1. The van der Waals surface area contributed by atoms with Crippen LogP contribution in [0.2, 0.25) is 0 Å². The summed E-state index contributed by atoms with van der Waals surface area (Å²) in [5, 5.41) is 0. The number of thiazole rings is 1. The molecule has 3 rings (SSSR count). The molecule has 7 nitrogen and oxygen atoms in total. The van der Waals surface area contributed by atoms with E-state index in [1.54, 1.807) is 17.6 Å². The predicted molar refractivity (Wildman–Crippen MR) is 110 cm³/mol. The van der Waals surface area contributed by atoms with Crippen molar-refractivity contribution >= 4 is 43.2 Å². The quantitative estimate of drug-likeness (QED) is 0.615. The number of anilines is 1. The summed E-state index contributed by atoms with van der Waals surface area (Å²) >= 11 is 1.02. The number of rotatable bonds is 6. The number of hydrogen-bond donors (Lipinski definition) is 1. The molecule has 0 saturated carbocycles.